The molecule has 0 N–H and O–H groups in total. The molecule has 1 heterocycles. The number of hydrogen-bond acceptors (Lipinski definition) is 8. The summed E-state index contributed by atoms with van der Waals surface area (Å²) < 4.78 is 5.30. The number of Topliss-reactive ketones (excluding diaryl/α,β-unsaturated/α-hetero) is 1. The first-order chi connectivity index (χ1) is 21.3. The summed E-state index contributed by atoms with van der Waals surface area (Å²) in [5, 5.41) is 12.7. The summed E-state index contributed by atoms with van der Waals surface area (Å²) in [7, 11) is 0. The lowest BCUT2D eigenvalue weighted by atomic mass is 9.81. The van der Waals surface area contributed by atoms with Crippen LogP contribution in [0, 0.1) is 22.0 Å². The van der Waals surface area contributed by atoms with Crippen LogP contribution in [0.3, 0.4) is 0 Å². The molecule has 2 aliphatic rings. The minimum Gasteiger partial charge on any atom is -0.423 e. The summed E-state index contributed by atoms with van der Waals surface area (Å²) in [5.41, 5.74) is 0.0135. The van der Waals surface area contributed by atoms with E-state index in [2.05, 4.69) is 31.9 Å². The maximum Gasteiger partial charge on any atom is 0.343 e. The van der Waals surface area contributed by atoms with Gasteiger partial charge in [0, 0.05) is 32.9 Å². The Morgan fingerprint density at radius 1 is 0.844 bits per heavy atom. The highest BCUT2D eigenvalue weighted by Gasteiger charge is 2.54. The van der Waals surface area contributed by atoms with Crippen molar-refractivity contribution in [1.82, 2.24) is 10.0 Å². The molecule has 0 spiro atoms. The maximum absolute atomic E-state index is 13.8. The quantitative estimate of drug-likeness (QED) is 0.0494. The molecular formula is C30H21Br2Cl2N3O8. The van der Waals surface area contributed by atoms with Crippen LogP contribution < -0.4 is 4.74 Å². The van der Waals surface area contributed by atoms with E-state index in [4.69, 9.17) is 27.9 Å². The van der Waals surface area contributed by atoms with Gasteiger partial charge in [-0.2, -0.15) is 5.01 Å². The number of ketones is 1. The third kappa shape index (κ3) is 6.81. The lowest BCUT2D eigenvalue weighted by Gasteiger charge is -2.30. The van der Waals surface area contributed by atoms with Crippen LogP contribution in [-0.4, -0.2) is 60.6 Å². The van der Waals surface area contributed by atoms with Gasteiger partial charge in [0.15, 0.2) is 5.78 Å². The van der Waals surface area contributed by atoms with Gasteiger partial charge in [-0.05, 0) is 67.4 Å². The lowest BCUT2D eigenvalue weighted by molar-refractivity contribution is -0.384. The number of rotatable bonds is 8. The van der Waals surface area contributed by atoms with Crippen LogP contribution >= 0.6 is 55.1 Å². The Kier molecular flexibility index (Phi) is 9.73. The molecule has 232 valence electrons. The number of hydrazine groups is 1. The third-order valence-electron chi connectivity index (χ3n) is 7.52. The number of non-ortho nitro benzene ring substituents is 1. The van der Waals surface area contributed by atoms with Crippen LogP contribution in [0.5, 0.6) is 5.75 Å². The van der Waals surface area contributed by atoms with Gasteiger partial charge in [0.25, 0.3) is 23.4 Å². The van der Waals surface area contributed by atoms with E-state index in [0.29, 0.717) is 12.8 Å². The number of fused-ring (bicyclic) bond motifs is 1. The van der Waals surface area contributed by atoms with Crippen molar-refractivity contribution >= 4 is 90.2 Å². The number of carbonyl (C=O) groups is 5. The number of nitrogens with zero attached hydrogens (tertiary/aromatic N) is 3. The van der Waals surface area contributed by atoms with E-state index in [9.17, 15) is 34.1 Å². The molecule has 0 aromatic heterocycles. The van der Waals surface area contributed by atoms with Crippen molar-refractivity contribution in [3.63, 3.8) is 0 Å². The van der Waals surface area contributed by atoms with Crippen LogP contribution in [-0.2, 0) is 9.59 Å². The molecule has 11 nitrogen and oxygen atoms in total. The number of amides is 3. The average Bonchev–Trinajstić information content (AvgIpc) is 3.25. The molecule has 0 radical (unpaired) electrons. The van der Waals surface area contributed by atoms with Crippen LogP contribution in [0.1, 0.15) is 43.9 Å². The molecule has 45 heavy (non-hydrogen) atoms. The van der Waals surface area contributed by atoms with Crippen molar-refractivity contribution in [2.75, 3.05) is 6.54 Å². The predicted molar refractivity (Wildman–Crippen MR) is 170 cm³/mol. The number of halogens is 4. The molecular weight excluding hydrogens is 761 g/mol. The molecule has 3 amide bonds. The number of ether oxygens (including phenoxy) is 1. The topological polar surface area (TPSA) is 144 Å². The van der Waals surface area contributed by atoms with Crippen LogP contribution in [0.25, 0.3) is 0 Å². The van der Waals surface area contributed by atoms with E-state index in [1.165, 1.54) is 66.7 Å². The standard InChI is InChI=1S/C30H21Br2Cl2N3O8/c31-22-12-20-21(13-23(22)32)29(41)36(28(20)40)35(27(39)17-5-10-24(33)25(34)11-17)14-26(38)15-3-8-19(9-4-15)45-30(42)16-1-6-18(7-2-16)37(43)44/h1-11,20-23H,12-14H2/t20-,21+,22-,23-/m0/s1. The highest BCUT2D eigenvalue weighted by Crippen LogP contribution is 2.44. The molecule has 3 aromatic carbocycles. The Labute approximate surface area is 282 Å². The van der Waals surface area contributed by atoms with E-state index in [1.807, 2.05) is 0 Å². The molecule has 5 rings (SSSR count). The molecule has 2 fully saturated rings. The Balaban J connectivity index is 1.37. The maximum atomic E-state index is 13.8. The second kappa shape index (κ2) is 13.4. The molecule has 0 unspecified atom stereocenters. The van der Waals surface area contributed by atoms with E-state index < -0.39 is 52.8 Å². The van der Waals surface area contributed by atoms with Crippen molar-refractivity contribution in [2.24, 2.45) is 11.8 Å². The Morgan fingerprint density at radius 3 is 1.91 bits per heavy atom. The summed E-state index contributed by atoms with van der Waals surface area (Å²) in [6.45, 7) is -0.659. The van der Waals surface area contributed by atoms with Crippen LogP contribution in [0.4, 0.5) is 5.69 Å². The van der Waals surface area contributed by atoms with Gasteiger partial charge in [-0.25, -0.2) is 9.80 Å². The molecule has 1 saturated carbocycles. The van der Waals surface area contributed by atoms with Crippen molar-refractivity contribution in [2.45, 2.75) is 22.5 Å². The molecule has 3 aromatic rings. The fourth-order valence-electron chi connectivity index (χ4n) is 5.15. The minimum absolute atomic E-state index is 0.0120. The van der Waals surface area contributed by atoms with Gasteiger partial charge in [0.2, 0.25) is 0 Å². The van der Waals surface area contributed by atoms with Crippen LogP contribution in [0.15, 0.2) is 66.7 Å². The Morgan fingerprint density at radius 2 is 1.38 bits per heavy atom. The van der Waals surface area contributed by atoms with Crippen LogP contribution in [0.2, 0.25) is 10.0 Å². The summed E-state index contributed by atoms with van der Waals surface area (Å²) >= 11 is 19.2. The van der Waals surface area contributed by atoms with Crippen molar-refractivity contribution in [3.8, 4) is 5.75 Å². The first kappa shape index (κ1) is 32.7. The highest BCUT2D eigenvalue weighted by molar-refractivity contribution is 9.12. The van der Waals surface area contributed by atoms with Crippen molar-refractivity contribution < 1.29 is 33.6 Å². The first-order valence-corrected chi connectivity index (χ1v) is 16.0. The van der Waals surface area contributed by atoms with Gasteiger partial charge in [0.1, 0.15) is 12.3 Å². The number of carbonyl (C=O) groups excluding carboxylic acids is 5. The number of hydrogen-bond donors (Lipinski definition) is 0. The molecule has 0 bridgehead atoms. The number of alkyl halides is 2. The van der Waals surface area contributed by atoms with Crippen molar-refractivity contribution in [1.29, 1.82) is 0 Å². The Hall–Kier alpha value is -3.65. The second-order valence-electron chi connectivity index (χ2n) is 10.3. The highest BCUT2D eigenvalue weighted by atomic mass is 79.9. The third-order valence-corrected chi connectivity index (χ3v) is 11.0. The molecule has 4 atom stereocenters. The smallest absolute Gasteiger partial charge is 0.343 e. The lowest BCUT2D eigenvalue weighted by Crippen LogP contribution is -2.52. The zero-order chi connectivity index (χ0) is 32.6. The summed E-state index contributed by atoms with van der Waals surface area (Å²) in [6, 6.07) is 14.4. The van der Waals surface area contributed by atoms with E-state index in [-0.39, 0.29) is 47.8 Å². The van der Waals surface area contributed by atoms with Gasteiger partial charge in [-0.3, -0.25) is 29.3 Å². The monoisotopic (exact) mass is 779 g/mol. The summed E-state index contributed by atoms with van der Waals surface area (Å²) in [5.74, 6) is -4.59. The largest absolute Gasteiger partial charge is 0.423 e. The fourth-order valence-corrected chi connectivity index (χ4v) is 6.68. The zero-order valence-corrected chi connectivity index (χ0v) is 27.6. The van der Waals surface area contributed by atoms with E-state index in [0.717, 1.165) is 10.0 Å². The number of imide groups is 1. The van der Waals surface area contributed by atoms with Crippen molar-refractivity contribution in [3.05, 3.63) is 104 Å². The van der Waals surface area contributed by atoms with Gasteiger partial charge >= 0.3 is 5.97 Å². The second-order valence-corrected chi connectivity index (χ2v) is 13.5. The Bertz CT molecular complexity index is 1690. The van der Waals surface area contributed by atoms with Gasteiger partial charge in [-0.1, -0.05) is 55.1 Å². The number of nitro groups is 1. The van der Waals surface area contributed by atoms with Gasteiger partial charge < -0.3 is 4.74 Å². The first-order valence-electron chi connectivity index (χ1n) is 13.4. The number of esters is 1. The molecule has 1 saturated heterocycles. The minimum atomic E-state index is -0.804. The fraction of sp³-hybridized carbons (Fsp3) is 0.233. The summed E-state index contributed by atoms with van der Waals surface area (Å²) in [4.78, 5) is 77.0. The average molecular weight is 782 g/mol. The molecule has 1 aliphatic carbocycles. The number of benzene rings is 3. The SMILES string of the molecule is O=C(CN(C(=O)c1ccc(Cl)c(Cl)c1)N1C(=O)[C@H]2C[C@H](Br)[C@@H](Br)C[C@H]2C1=O)c1ccc(OC(=O)c2ccc([N+](=O)[O-])cc2)cc1. The molecule has 1 aliphatic heterocycles. The van der Waals surface area contributed by atoms with Gasteiger partial charge in [-0.15, -0.1) is 0 Å². The normalized spacial score (nSPS) is 20.8. The number of nitro benzene ring substituents is 1. The zero-order valence-electron chi connectivity index (χ0n) is 22.9. The summed E-state index contributed by atoms with van der Waals surface area (Å²) in [6.07, 6.45) is 0.731. The van der Waals surface area contributed by atoms with E-state index in [1.54, 1.807) is 0 Å². The predicted octanol–water partition coefficient (Wildman–Crippen LogP) is 6.28. The molecule has 15 heteroatoms. The van der Waals surface area contributed by atoms with E-state index >= 15 is 0 Å². The van der Waals surface area contributed by atoms with Gasteiger partial charge in [0.05, 0.1) is 32.4 Å².